The molecule has 1 N–H and O–H groups in total. The van der Waals surface area contributed by atoms with Crippen LogP contribution in [0.15, 0.2) is 22.7 Å². The van der Waals surface area contributed by atoms with Gasteiger partial charge in [-0.05, 0) is 43.1 Å². The van der Waals surface area contributed by atoms with Crippen LogP contribution in [0.1, 0.15) is 24.8 Å². The van der Waals surface area contributed by atoms with Crippen molar-refractivity contribution < 1.29 is 14.6 Å². The van der Waals surface area contributed by atoms with E-state index >= 15 is 0 Å². The highest BCUT2D eigenvalue weighted by Gasteiger charge is 2.28. The molecule has 1 heterocycles. The summed E-state index contributed by atoms with van der Waals surface area (Å²) in [5.41, 5.74) is 1.06. The molecule has 1 aromatic carbocycles. The van der Waals surface area contributed by atoms with E-state index in [0.717, 1.165) is 41.6 Å². The molecule has 104 valence electrons. The van der Waals surface area contributed by atoms with Gasteiger partial charge in [0, 0.05) is 11.0 Å². The van der Waals surface area contributed by atoms with Crippen molar-refractivity contribution in [1.82, 2.24) is 4.90 Å². The molecule has 4 nitrogen and oxygen atoms in total. The molecule has 0 bridgehead atoms. The van der Waals surface area contributed by atoms with Crippen molar-refractivity contribution in [1.29, 1.82) is 0 Å². The average Bonchev–Trinajstić information content (AvgIpc) is 2.41. The Kier molecular flexibility index (Phi) is 4.82. The van der Waals surface area contributed by atoms with Gasteiger partial charge in [-0.25, -0.2) is 0 Å². The number of nitrogens with zero attached hydrogens (tertiary/aromatic N) is 1. The fraction of sp³-hybridized carbons (Fsp3) is 0.500. The Hall–Kier alpha value is -1.07. The minimum absolute atomic E-state index is 0.369. The summed E-state index contributed by atoms with van der Waals surface area (Å²) in [7, 11) is 1.63. The number of carboxylic acids is 1. The minimum atomic E-state index is -0.723. The number of rotatable bonds is 4. The molecule has 1 aliphatic heterocycles. The normalized spacial score (nSPS) is 20.2. The second kappa shape index (κ2) is 6.39. The maximum Gasteiger partial charge on any atom is 0.320 e. The van der Waals surface area contributed by atoms with Crippen LogP contribution >= 0.6 is 15.9 Å². The Balaban J connectivity index is 2.16. The Morgan fingerprint density at radius 3 is 3.00 bits per heavy atom. The van der Waals surface area contributed by atoms with Gasteiger partial charge in [0.05, 0.1) is 7.11 Å². The van der Waals surface area contributed by atoms with E-state index in [2.05, 4.69) is 15.9 Å². The van der Waals surface area contributed by atoms with Gasteiger partial charge >= 0.3 is 5.97 Å². The van der Waals surface area contributed by atoms with Crippen molar-refractivity contribution >= 4 is 21.9 Å². The van der Waals surface area contributed by atoms with E-state index in [0.29, 0.717) is 6.54 Å². The third-order valence-electron chi connectivity index (χ3n) is 3.53. The number of aliphatic carboxylic acids is 1. The lowest BCUT2D eigenvalue weighted by Crippen LogP contribution is -2.44. The average molecular weight is 328 g/mol. The molecular weight excluding hydrogens is 310 g/mol. The number of hydrogen-bond donors (Lipinski definition) is 1. The lowest BCUT2D eigenvalue weighted by atomic mass is 10.0. The summed E-state index contributed by atoms with van der Waals surface area (Å²) in [6.07, 6.45) is 2.79. The summed E-state index contributed by atoms with van der Waals surface area (Å²) in [4.78, 5) is 13.3. The largest absolute Gasteiger partial charge is 0.497 e. The van der Waals surface area contributed by atoms with Crippen LogP contribution in [0.5, 0.6) is 5.75 Å². The zero-order chi connectivity index (χ0) is 13.8. The summed E-state index contributed by atoms with van der Waals surface area (Å²) in [6, 6.07) is 5.41. The van der Waals surface area contributed by atoms with Crippen molar-refractivity contribution in [2.75, 3.05) is 13.7 Å². The molecule has 1 saturated heterocycles. The minimum Gasteiger partial charge on any atom is -0.497 e. The number of carbonyl (C=O) groups is 1. The third-order valence-corrected chi connectivity index (χ3v) is 4.30. The number of halogens is 1. The standard InChI is InChI=1S/C14H18BrNO3/c1-19-11-5-6-12(15)10(8-11)9-16-7-3-2-4-13(16)14(17)18/h5-6,8,13H,2-4,7,9H2,1H3,(H,17,18). The van der Waals surface area contributed by atoms with Gasteiger partial charge in [-0.3, -0.25) is 9.69 Å². The van der Waals surface area contributed by atoms with Gasteiger partial charge in [-0.1, -0.05) is 22.4 Å². The van der Waals surface area contributed by atoms with E-state index in [-0.39, 0.29) is 6.04 Å². The summed E-state index contributed by atoms with van der Waals surface area (Å²) in [5, 5.41) is 9.28. The predicted molar refractivity (Wildman–Crippen MR) is 76.4 cm³/mol. The highest BCUT2D eigenvalue weighted by Crippen LogP contribution is 2.26. The third kappa shape index (κ3) is 3.48. The molecule has 0 aromatic heterocycles. The van der Waals surface area contributed by atoms with Crippen LogP contribution < -0.4 is 4.74 Å². The van der Waals surface area contributed by atoms with Gasteiger partial charge in [-0.2, -0.15) is 0 Å². The summed E-state index contributed by atoms with van der Waals surface area (Å²) < 4.78 is 6.21. The number of methoxy groups -OCH3 is 1. The van der Waals surface area contributed by atoms with E-state index < -0.39 is 5.97 Å². The van der Waals surface area contributed by atoms with Crippen molar-refractivity contribution in [2.45, 2.75) is 31.8 Å². The maximum absolute atomic E-state index is 11.3. The van der Waals surface area contributed by atoms with Crippen molar-refractivity contribution in [3.63, 3.8) is 0 Å². The van der Waals surface area contributed by atoms with Crippen LogP contribution in [0.25, 0.3) is 0 Å². The predicted octanol–water partition coefficient (Wildman–Crippen LogP) is 2.90. The van der Waals surface area contributed by atoms with Crippen LogP contribution in [0.3, 0.4) is 0 Å². The number of likely N-dealkylation sites (tertiary alicyclic amines) is 1. The molecule has 1 aromatic rings. The van der Waals surface area contributed by atoms with E-state index in [1.807, 2.05) is 23.1 Å². The first kappa shape index (κ1) is 14.3. The van der Waals surface area contributed by atoms with E-state index in [1.54, 1.807) is 7.11 Å². The van der Waals surface area contributed by atoms with Crippen molar-refractivity contribution in [2.24, 2.45) is 0 Å². The van der Waals surface area contributed by atoms with E-state index in [1.165, 1.54) is 0 Å². The maximum atomic E-state index is 11.3. The Morgan fingerprint density at radius 1 is 1.53 bits per heavy atom. The van der Waals surface area contributed by atoms with Crippen molar-refractivity contribution in [3.8, 4) is 5.75 Å². The molecule has 19 heavy (non-hydrogen) atoms. The summed E-state index contributed by atoms with van der Waals surface area (Å²) >= 11 is 3.51. The number of carboxylic acid groups (broad SMARTS) is 1. The number of piperidine rings is 1. The lowest BCUT2D eigenvalue weighted by molar-refractivity contribution is -0.144. The van der Waals surface area contributed by atoms with E-state index in [4.69, 9.17) is 4.74 Å². The summed E-state index contributed by atoms with van der Waals surface area (Å²) in [5.74, 6) is 0.0702. The van der Waals surface area contributed by atoms with Crippen LogP contribution in [0.4, 0.5) is 0 Å². The highest BCUT2D eigenvalue weighted by molar-refractivity contribution is 9.10. The SMILES string of the molecule is COc1ccc(Br)c(CN2CCCCC2C(=O)O)c1. The number of ether oxygens (including phenoxy) is 1. The van der Waals surface area contributed by atoms with Gasteiger partial charge < -0.3 is 9.84 Å². The molecule has 2 rings (SSSR count). The molecule has 0 spiro atoms. The van der Waals surface area contributed by atoms with Crippen LogP contribution in [0.2, 0.25) is 0 Å². The molecule has 0 saturated carbocycles. The van der Waals surface area contributed by atoms with E-state index in [9.17, 15) is 9.90 Å². The summed E-state index contributed by atoms with van der Waals surface area (Å²) in [6.45, 7) is 1.47. The fourth-order valence-electron chi connectivity index (χ4n) is 2.48. The number of benzene rings is 1. The fourth-order valence-corrected chi connectivity index (χ4v) is 2.85. The molecule has 1 fully saturated rings. The molecule has 0 radical (unpaired) electrons. The van der Waals surface area contributed by atoms with Crippen LogP contribution in [-0.4, -0.2) is 35.7 Å². The molecule has 1 unspecified atom stereocenters. The van der Waals surface area contributed by atoms with Gasteiger partial charge in [0.1, 0.15) is 11.8 Å². The Morgan fingerprint density at radius 2 is 2.32 bits per heavy atom. The smallest absolute Gasteiger partial charge is 0.320 e. The Labute approximate surface area is 121 Å². The Bertz CT molecular complexity index is 464. The first-order valence-corrected chi connectivity index (χ1v) is 7.20. The first-order chi connectivity index (χ1) is 9.11. The number of hydrogen-bond acceptors (Lipinski definition) is 3. The lowest BCUT2D eigenvalue weighted by Gasteiger charge is -2.33. The second-order valence-electron chi connectivity index (χ2n) is 4.78. The van der Waals surface area contributed by atoms with Gasteiger partial charge in [-0.15, -0.1) is 0 Å². The van der Waals surface area contributed by atoms with Gasteiger partial charge in [0.15, 0.2) is 0 Å². The monoisotopic (exact) mass is 327 g/mol. The molecule has 1 atom stereocenters. The zero-order valence-electron chi connectivity index (χ0n) is 10.9. The molecular formula is C14H18BrNO3. The molecule has 5 heteroatoms. The highest BCUT2D eigenvalue weighted by atomic mass is 79.9. The zero-order valence-corrected chi connectivity index (χ0v) is 12.5. The molecule has 0 aliphatic carbocycles. The molecule has 1 aliphatic rings. The van der Waals surface area contributed by atoms with Gasteiger partial charge in [0.25, 0.3) is 0 Å². The second-order valence-corrected chi connectivity index (χ2v) is 5.63. The topological polar surface area (TPSA) is 49.8 Å². The van der Waals surface area contributed by atoms with Crippen molar-refractivity contribution in [3.05, 3.63) is 28.2 Å². The van der Waals surface area contributed by atoms with Crippen LogP contribution in [0, 0.1) is 0 Å². The first-order valence-electron chi connectivity index (χ1n) is 6.41. The van der Waals surface area contributed by atoms with Gasteiger partial charge in [0.2, 0.25) is 0 Å². The quantitative estimate of drug-likeness (QED) is 0.923. The van der Waals surface area contributed by atoms with Crippen LogP contribution in [-0.2, 0) is 11.3 Å². The molecule has 0 amide bonds.